The fraction of sp³-hybridized carbons (Fsp3) is 0.125. The van der Waals surface area contributed by atoms with Gasteiger partial charge in [-0.15, -0.1) is 11.3 Å². The van der Waals surface area contributed by atoms with E-state index in [1.165, 1.54) is 29.3 Å². The lowest BCUT2D eigenvalue weighted by Crippen LogP contribution is -2.28. The predicted octanol–water partition coefficient (Wildman–Crippen LogP) is 4.13. The monoisotopic (exact) mass is 473 g/mol. The Balaban J connectivity index is 1.44. The number of fused-ring (bicyclic) bond motifs is 1. The normalized spacial score (nSPS) is 11.0. The zero-order valence-corrected chi connectivity index (χ0v) is 19.1. The van der Waals surface area contributed by atoms with E-state index in [-0.39, 0.29) is 18.0 Å². The van der Waals surface area contributed by atoms with E-state index >= 15 is 0 Å². The number of anilines is 1. The zero-order valence-electron chi connectivity index (χ0n) is 18.3. The molecule has 0 radical (unpaired) electrons. The number of benzene rings is 2. The lowest BCUT2D eigenvalue weighted by molar-refractivity contribution is -0.116. The van der Waals surface area contributed by atoms with Crippen LogP contribution in [-0.2, 0) is 11.3 Å². The first-order chi connectivity index (χ1) is 16.5. The molecule has 0 saturated carbocycles. The van der Waals surface area contributed by atoms with Crippen molar-refractivity contribution in [3.8, 4) is 27.9 Å². The summed E-state index contributed by atoms with van der Waals surface area (Å²) >= 11 is 1.30. The SMILES string of the molecule is COc1ccccc1NC(=O)Cn1cnc2sc(-c3nc(-c4ccccc4)no3)c(C)c2c1=O. The standard InChI is InChI=1S/C24H19N5O4S/c1-14-19-23(34-20(14)22-27-21(28-33-22)15-8-4-3-5-9-15)25-13-29(24(19)31)12-18(30)26-16-10-6-7-11-17(16)32-2/h3-11,13H,12H2,1-2H3,(H,26,30). The molecule has 0 spiro atoms. The number of aryl methyl sites for hydroxylation is 1. The van der Waals surface area contributed by atoms with Gasteiger partial charge in [-0.25, -0.2) is 4.98 Å². The van der Waals surface area contributed by atoms with Gasteiger partial charge in [0.05, 0.1) is 29.4 Å². The molecule has 0 aliphatic carbocycles. The Morgan fingerprint density at radius 1 is 1.15 bits per heavy atom. The van der Waals surface area contributed by atoms with Gasteiger partial charge < -0.3 is 14.6 Å². The number of carbonyl (C=O) groups is 1. The lowest BCUT2D eigenvalue weighted by atomic mass is 10.2. The van der Waals surface area contributed by atoms with Crippen LogP contribution in [-0.4, -0.2) is 32.7 Å². The number of nitrogens with one attached hydrogen (secondary N) is 1. The van der Waals surface area contributed by atoms with Crippen LogP contribution in [0.5, 0.6) is 5.75 Å². The predicted molar refractivity (Wildman–Crippen MR) is 129 cm³/mol. The summed E-state index contributed by atoms with van der Waals surface area (Å²) < 4.78 is 12.0. The van der Waals surface area contributed by atoms with Crippen molar-refractivity contribution in [2.75, 3.05) is 12.4 Å². The maximum atomic E-state index is 13.2. The van der Waals surface area contributed by atoms with Crippen LogP contribution in [0.3, 0.4) is 0 Å². The first-order valence-corrected chi connectivity index (χ1v) is 11.2. The summed E-state index contributed by atoms with van der Waals surface area (Å²) in [6, 6.07) is 16.5. The van der Waals surface area contributed by atoms with Gasteiger partial charge >= 0.3 is 0 Å². The van der Waals surface area contributed by atoms with Crippen LogP contribution >= 0.6 is 11.3 Å². The molecule has 0 atom stereocenters. The van der Waals surface area contributed by atoms with Gasteiger partial charge in [-0.2, -0.15) is 4.98 Å². The van der Waals surface area contributed by atoms with Gasteiger partial charge in [-0.05, 0) is 24.6 Å². The summed E-state index contributed by atoms with van der Waals surface area (Å²) in [4.78, 5) is 35.9. The lowest BCUT2D eigenvalue weighted by Gasteiger charge is -2.10. The second kappa shape index (κ2) is 8.91. The van der Waals surface area contributed by atoms with Gasteiger partial charge in [0.1, 0.15) is 17.1 Å². The maximum absolute atomic E-state index is 13.2. The molecular weight excluding hydrogens is 454 g/mol. The van der Waals surface area contributed by atoms with Crippen molar-refractivity contribution in [2.45, 2.75) is 13.5 Å². The third-order valence-electron chi connectivity index (χ3n) is 5.26. The third-order valence-corrected chi connectivity index (χ3v) is 6.45. The van der Waals surface area contributed by atoms with Crippen LogP contribution in [0.2, 0.25) is 0 Å². The Morgan fingerprint density at radius 3 is 2.71 bits per heavy atom. The number of hydrogen-bond acceptors (Lipinski definition) is 8. The molecule has 5 aromatic rings. The fourth-order valence-electron chi connectivity index (χ4n) is 3.59. The minimum atomic E-state index is -0.370. The highest BCUT2D eigenvalue weighted by Gasteiger charge is 2.21. The zero-order chi connectivity index (χ0) is 23.7. The molecule has 5 rings (SSSR count). The molecule has 0 aliphatic heterocycles. The van der Waals surface area contributed by atoms with Gasteiger partial charge in [0.2, 0.25) is 11.7 Å². The van der Waals surface area contributed by atoms with Crippen molar-refractivity contribution in [1.29, 1.82) is 0 Å². The van der Waals surface area contributed by atoms with E-state index < -0.39 is 0 Å². The molecule has 170 valence electrons. The second-order valence-corrected chi connectivity index (χ2v) is 8.45. The van der Waals surface area contributed by atoms with Crippen molar-refractivity contribution < 1.29 is 14.1 Å². The van der Waals surface area contributed by atoms with Crippen LogP contribution in [0.1, 0.15) is 5.56 Å². The Hall–Kier alpha value is -4.31. The maximum Gasteiger partial charge on any atom is 0.268 e. The van der Waals surface area contributed by atoms with Gasteiger partial charge in [-0.3, -0.25) is 14.2 Å². The Labute approximate surface area is 197 Å². The Bertz CT molecular complexity index is 1550. The number of ether oxygens (including phenoxy) is 1. The summed E-state index contributed by atoms with van der Waals surface area (Å²) in [6.45, 7) is 1.62. The average molecular weight is 474 g/mol. The molecule has 10 heteroatoms. The highest BCUT2D eigenvalue weighted by Crippen LogP contribution is 2.35. The third kappa shape index (κ3) is 3.95. The van der Waals surface area contributed by atoms with Gasteiger partial charge in [0.25, 0.3) is 11.4 Å². The van der Waals surface area contributed by atoms with Crippen LogP contribution in [0.15, 0.2) is 70.2 Å². The summed E-state index contributed by atoms with van der Waals surface area (Å²) in [7, 11) is 1.52. The molecular formula is C24H19N5O4S. The highest BCUT2D eigenvalue weighted by atomic mass is 32.1. The average Bonchev–Trinajstić information content (AvgIpc) is 3.47. The number of amides is 1. The number of hydrogen-bond donors (Lipinski definition) is 1. The number of carbonyl (C=O) groups excluding carboxylic acids is 1. The second-order valence-electron chi connectivity index (χ2n) is 7.45. The van der Waals surface area contributed by atoms with Gasteiger partial charge in [0, 0.05) is 5.56 Å². The number of para-hydroxylation sites is 2. The molecule has 0 fully saturated rings. The van der Waals surface area contributed by atoms with Crippen LogP contribution in [0, 0.1) is 6.92 Å². The van der Waals surface area contributed by atoms with E-state index in [1.807, 2.05) is 37.3 Å². The number of rotatable bonds is 6. The largest absolute Gasteiger partial charge is 0.495 e. The summed E-state index contributed by atoms with van der Waals surface area (Å²) in [5.74, 6) is 0.944. The van der Waals surface area contributed by atoms with Crippen molar-refractivity contribution in [2.24, 2.45) is 0 Å². The van der Waals surface area contributed by atoms with E-state index in [4.69, 9.17) is 9.26 Å². The number of methoxy groups -OCH3 is 1. The molecule has 3 heterocycles. The van der Waals surface area contributed by atoms with Crippen molar-refractivity contribution >= 4 is 33.1 Å². The van der Waals surface area contributed by atoms with E-state index in [2.05, 4.69) is 20.4 Å². The summed E-state index contributed by atoms with van der Waals surface area (Å²) in [5.41, 5.74) is 1.72. The quantitative estimate of drug-likeness (QED) is 0.395. The molecule has 0 bridgehead atoms. The molecule has 3 aromatic heterocycles. The van der Waals surface area contributed by atoms with E-state index in [9.17, 15) is 9.59 Å². The van der Waals surface area contributed by atoms with E-state index in [0.717, 1.165) is 5.56 Å². The first kappa shape index (κ1) is 21.5. The molecule has 9 nitrogen and oxygen atoms in total. The first-order valence-electron chi connectivity index (χ1n) is 10.4. The van der Waals surface area contributed by atoms with Crippen molar-refractivity contribution in [3.63, 3.8) is 0 Å². The molecule has 2 aromatic carbocycles. The molecule has 1 amide bonds. The minimum absolute atomic E-state index is 0.191. The minimum Gasteiger partial charge on any atom is -0.495 e. The van der Waals surface area contributed by atoms with Gasteiger partial charge in [0.15, 0.2) is 0 Å². The topological polar surface area (TPSA) is 112 Å². The smallest absolute Gasteiger partial charge is 0.268 e. The summed E-state index contributed by atoms with van der Waals surface area (Å²) in [5, 5.41) is 7.25. The van der Waals surface area contributed by atoms with Crippen LogP contribution < -0.4 is 15.6 Å². The number of thiophene rings is 1. The summed E-state index contributed by atoms with van der Waals surface area (Å²) in [6.07, 6.45) is 1.37. The number of nitrogens with zero attached hydrogens (tertiary/aromatic N) is 4. The van der Waals surface area contributed by atoms with Crippen LogP contribution in [0.4, 0.5) is 5.69 Å². The molecule has 1 N–H and O–H groups in total. The Kier molecular flexibility index (Phi) is 5.64. The van der Waals surface area contributed by atoms with Crippen molar-refractivity contribution in [1.82, 2.24) is 19.7 Å². The highest BCUT2D eigenvalue weighted by molar-refractivity contribution is 7.22. The molecule has 34 heavy (non-hydrogen) atoms. The fourth-order valence-corrected chi connectivity index (χ4v) is 4.65. The van der Waals surface area contributed by atoms with Crippen molar-refractivity contribution in [3.05, 3.63) is 76.8 Å². The molecule has 0 saturated heterocycles. The molecule has 0 aliphatic rings. The van der Waals surface area contributed by atoms with Crippen LogP contribution in [0.25, 0.3) is 32.4 Å². The van der Waals surface area contributed by atoms with Gasteiger partial charge in [-0.1, -0.05) is 47.6 Å². The van der Waals surface area contributed by atoms with E-state index in [0.29, 0.717) is 43.8 Å². The van der Waals surface area contributed by atoms with E-state index in [1.54, 1.807) is 24.3 Å². The number of aromatic nitrogens is 4. The Morgan fingerprint density at radius 2 is 1.91 bits per heavy atom. The molecule has 0 unspecified atom stereocenters.